The fraction of sp³-hybridized carbons (Fsp3) is 0.250. The van der Waals surface area contributed by atoms with Crippen molar-refractivity contribution in [3.05, 3.63) is 62.1 Å². The molecule has 0 radical (unpaired) electrons. The standard InChI is InChI=1S/C16H15BrClNO/c1-9-6-11(17)2-3-13(9)15(19)14-8-12(18)7-10-4-5-20-16(10)14/h2-3,6-8,15H,4-5,19H2,1H3. The Morgan fingerprint density at radius 2 is 2.05 bits per heavy atom. The number of halogens is 2. The van der Waals surface area contributed by atoms with E-state index in [1.165, 1.54) is 0 Å². The first-order valence-electron chi connectivity index (χ1n) is 6.53. The van der Waals surface area contributed by atoms with Crippen LogP contribution in [0.1, 0.15) is 28.3 Å². The van der Waals surface area contributed by atoms with Crippen molar-refractivity contribution in [3.8, 4) is 5.75 Å². The SMILES string of the molecule is Cc1cc(Br)ccc1C(N)c1cc(Cl)cc2c1OCC2. The van der Waals surface area contributed by atoms with Crippen molar-refractivity contribution >= 4 is 27.5 Å². The van der Waals surface area contributed by atoms with E-state index in [1.807, 2.05) is 24.3 Å². The lowest BCUT2D eigenvalue weighted by Gasteiger charge is -2.18. The van der Waals surface area contributed by atoms with E-state index >= 15 is 0 Å². The predicted octanol–water partition coefficient (Wildman–Crippen LogP) is 4.39. The third-order valence-electron chi connectivity index (χ3n) is 3.68. The minimum Gasteiger partial charge on any atom is -0.493 e. The molecule has 4 heteroatoms. The van der Waals surface area contributed by atoms with Crippen molar-refractivity contribution in [1.29, 1.82) is 0 Å². The van der Waals surface area contributed by atoms with E-state index in [4.69, 9.17) is 22.1 Å². The second kappa shape index (κ2) is 5.40. The highest BCUT2D eigenvalue weighted by atomic mass is 79.9. The van der Waals surface area contributed by atoms with Gasteiger partial charge in [-0.25, -0.2) is 0 Å². The minimum absolute atomic E-state index is 0.228. The maximum atomic E-state index is 6.46. The van der Waals surface area contributed by atoms with Gasteiger partial charge in [0, 0.05) is 21.5 Å². The molecule has 0 amide bonds. The number of rotatable bonds is 2. The average Bonchev–Trinajstić information content (AvgIpc) is 2.85. The van der Waals surface area contributed by atoms with Crippen LogP contribution in [0.2, 0.25) is 5.02 Å². The Hall–Kier alpha value is -1.03. The van der Waals surface area contributed by atoms with Gasteiger partial charge in [0.05, 0.1) is 12.6 Å². The van der Waals surface area contributed by atoms with E-state index in [2.05, 4.69) is 28.9 Å². The van der Waals surface area contributed by atoms with Crippen LogP contribution in [0.15, 0.2) is 34.8 Å². The fourth-order valence-corrected chi connectivity index (χ4v) is 3.41. The zero-order chi connectivity index (χ0) is 14.3. The molecule has 2 nitrogen and oxygen atoms in total. The molecule has 20 heavy (non-hydrogen) atoms. The maximum absolute atomic E-state index is 6.46. The number of fused-ring (bicyclic) bond motifs is 1. The van der Waals surface area contributed by atoms with Crippen LogP contribution in [0.3, 0.4) is 0 Å². The highest BCUT2D eigenvalue weighted by Gasteiger charge is 2.23. The summed E-state index contributed by atoms with van der Waals surface area (Å²) >= 11 is 9.68. The van der Waals surface area contributed by atoms with Gasteiger partial charge in [-0.1, -0.05) is 33.6 Å². The van der Waals surface area contributed by atoms with E-state index in [0.29, 0.717) is 6.61 Å². The molecule has 2 aromatic carbocycles. The third-order valence-corrected chi connectivity index (χ3v) is 4.39. The number of hydrogen-bond donors (Lipinski definition) is 1. The first kappa shape index (κ1) is 13.9. The van der Waals surface area contributed by atoms with Gasteiger partial charge < -0.3 is 10.5 Å². The lowest BCUT2D eigenvalue weighted by molar-refractivity contribution is 0.352. The fourth-order valence-electron chi connectivity index (χ4n) is 2.68. The molecular formula is C16H15BrClNO. The molecule has 0 bridgehead atoms. The summed E-state index contributed by atoms with van der Waals surface area (Å²) in [5.41, 5.74) is 10.8. The molecule has 0 aliphatic carbocycles. The molecule has 1 aliphatic rings. The van der Waals surface area contributed by atoms with E-state index < -0.39 is 0 Å². The van der Waals surface area contributed by atoms with E-state index in [0.717, 1.165) is 43.9 Å². The summed E-state index contributed by atoms with van der Waals surface area (Å²) in [5.74, 6) is 0.907. The number of benzene rings is 2. The highest BCUT2D eigenvalue weighted by Crippen LogP contribution is 2.38. The van der Waals surface area contributed by atoms with Crippen molar-refractivity contribution in [2.75, 3.05) is 6.61 Å². The van der Waals surface area contributed by atoms with Gasteiger partial charge in [0.25, 0.3) is 0 Å². The molecule has 0 aromatic heterocycles. The molecule has 104 valence electrons. The summed E-state index contributed by atoms with van der Waals surface area (Å²) in [4.78, 5) is 0. The average molecular weight is 353 g/mol. The summed E-state index contributed by atoms with van der Waals surface area (Å²) < 4.78 is 6.80. The van der Waals surface area contributed by atoms with Crippen LogP contribution in [-0.2, 0) is 6.42 Å². The lowest BCUT2D eigenvalue weighted by atomic mass is 9.94. The zero-order valence-corrected chi connectivity index (χ0v) is 13.5. The minimum atomic E-state index is -0.228. The summed E-state index contributed by atoms with van der Waals surface area (Å²) in [6.07, 6.45) is 0.898. The number of hydrogen-bond acceptors (Lipinski definition) is 2. The van der Waals surface area contributed by atoms with Crippen LogP contribution >= 0.6 is 27.5 Å². The molecule has 1 aliphatic heterocycles. The van der Waals surface area contributed by atoms with Gasteiger partial charge in [-0.15, -0.1) is 0 Å². The molecule has 2 N–H and O–H groups in total. The zero-order valence-electron chi connectivity index (χ0n) is 11.1. The summed E-state index contributed by atoms with van der Waals surface area (Å²) in [6, 6.07) is 9.78. The highest BCUT2D eigenvalue weighted by molar-refractivity contribution is 9.10. The van der Waals surface area contributed by atoms with Crippen LogP contribution in [0.5, 0.6) is 5.75 Å². The summed E-state index contributed by atoms with van der Waals surface area (Å²) in [6.45, 7) is 2.76. The third kappa shape index (κ3) is 2.46. The molecule has 1 atom stereocenters. The predicted molar refractivity (Wildman–Crippen MR) is 85.6 cm³/mol. The molecular weight excluding hydrogens is 338 g/mol. The molecule has 2 aromatic rings. The number of aryl methyl sites for hydroxylation is 1. The summed E-state index contributed by atoms with van der Waals surface area (Å²) in [5, 5.41) is 0.717. The second-order valence-electron chi connectivity index (χ2n) is 5.06. The van der Waals surface area contributed by atoms with Crippen molar-refractivity contribution in [2.45, 2.75) is 19.4 Å². The lowest BCUT2D eigenvalue weighted by Crippen LogP contribution is -2.14. The van der Waals surface area contributed by atoms with Crippen molar-refractivity contribution in [1.82, 2.24) is 0 Å². The Bertz CT molecular complexity index is 672. The molecule has 3 rings (SSSR count). The van der Waals surface area contributed by atoms with Gasteiger partial charge in [0.1, 0.15) is 5.75 Å². The van der Waals surface area contributed by atoms with E-state index in [9.17, 15) is 0 Å². The maximum Gasteiger partial charge on any atom is 0.127 e. The van der Waals surface area contributed by atoms with E-state index in [1.54, 1.807) is 0 Å². The number of nitrogens with two attached hydrogens (primary N) is 1. The Kier molecular flexibility index (Phi) is 3.76. The normalized spacial score (nSPS) is 14.8. The first-order chi connectivity index (χ1) is 9.56. The molecule has 1 unspecified atom stereocenters. The molecule has 0 fully saturated rings. The van der Waals surface area contributed by atoms with Crippen LogP contribution in [0.25, 0.3) is 0 Å². The quantitative estimate of drug-likeness (QED) is 0.870. The van der Waals surface area contributed by atoms with Crippen molar-refractivity contribution in [3.63, 3.8) is 0 Å². The molecule has 1 heterocycles. The Labute approximate surface area is 132 Å². The van der Waals surface area contributed by atoms with Gasteiger partial charge in [0.2, 0.25) is 0 Å². The van der Waals surface area contributed by atoms with Gasteiger partial charge >= 0.3 is 0 Å². The molecule has 0 saturated heterocycles. The largest absolute Gasteiger partial charge is 0.493 e. The molecule has 0 saturated carbocycles. The van der Waals surface area contributed by atoms with Crippen LogP contribution in [0.4, 0.5) is 0 Å². The number of ether oxygens (including phenoxy) is 1. The van der Waals surface area contributed by atoms with E-state index in [-0.39, 0.29) is 6.04 Å². The molecule has 0 spiro atoms. The second-order valence-corrected chi connectivity index (χ2v) is 6.41. The Balaban J connectivity index is 2.09. The Morgan fingerprint density at radius 1 is 1.25 bits per heavy atom. The van der Waals surface area contributed by atoms with Crippen LogP contribution < -0.4 is 10.5 Å². The van der Waals surface area contributed by atoms with Gasteiger partial charge in [-0.05, 0) is 47.9 Å². The Morgan fingerprint density at radius 3 is 2.80 bits per heavy atom. The van der Waals surface area contributed by atoms with Crippen molar-refractivity contribution in [2.24, 2.45) is 5.73 Å². The first-order valence-corrected chi connectivity index (χ1v) is 7.70. The van der Waals surface area contributed by atoms with Gasteiger partial charge in [0.15, 0.2) is 0 Å². The summed E-state index contributed by atoms with van der Waals surface area (Å²) in [7, 11) is 0. The monoisotopic (exact) mass is 351 g/mol. The van der Waals surface area contributed by atoms with Crippen LogP contribution in [-0.4, -0.2) is 6.61 Å². The van der Waals surface area contributed by atoms with Crippen molar-refractivity contribution < 1.29 is 4.74 Å². The van der Waals surface area contributed by atoms with Gasteiger partial charge in [-0.3, -0.25) is 0 Å². The smallest absolute Gasteiger partial charge is 0.127 e. The van der Waals surface area contributed by atoms with Crippen LogP contribution in [0, 0.1) is 6.92 Å². The topological polar surface area (TPSA) is 35.2 Å². The van der Waals surface area contributed by atoms with Gasteiger partial charge in [-0.2, -0.15) is 0 Å².